The molecule has 2 atom stereocenters. The quantitative estimate of drug-likeness (QED) is 0.231. The molecule has 1 fully saturated rings. The van der Waals surface area contributed by atoms with Gasteiger partial charge < -0.3 is 20.1 Å². The molecule has 1 amide bonds. The molecule has 4 aromatic rings. The second-order valence-corrected chi connectivity index (χ2v) is 10.7. The van der Waals surface area contributed by atoms with E-state index in [2.05, 4.69) is 10.3 Å². The van der Waals surface area contributed by atoms with Gasteiger partial charge in [0.1, 0.15) is 29.3 Å². The SMILES string of the molecule is Cc1ccc(-c2ccc(C[C@H](NC(=O)c3c(F)cc(N4CCOC[C@H]4C(F)(F)F)cc3F)C(=O)O)c3cccnc23)c(Cl)c1. The van der Waals surface area contributed by atoms with Gasteiger partial charge in [-0.1, -0.05) is 41.9 Å². The molecule has 1 aromatic heterocycles. The van der Waals surface area contributed by atoms with Gasteiger partial charge in [0.2, 0.25) is 0 Å². The van der Waals surface area contributed by atoms with Crippen molar-refractivity contribution in [3.05, 3.63) is 94.1 Å². The fraction of sp³-hybridized carbons (Fsp3) is 0.258. The van der Waals surface area contributed by atoms with Crippen LogP contribution in [0, 0.1) is 18.6 Å². The van der Waals surface area contributed by atoms with Crippen LogP contribution >= 0.6 is 11.6 Å². The van der Waals surface area contributed by atoms with E-state index < -0.39 is 59.6 Å². The highest BCUT2D eigenvalue weighted by Gasteiger charge is 2.46. The number of aromatic nitrogens is 1. The van der Waals surface area contributed by atoms with Crippen LogP contribution in [0.1, 0.15) is 21.5 Å². The molecule has 13 heteroatoms. The zero-order chi connectivity index (χ0) is 31.8. The van der Waals surface area contributed by atoms with E-state index >= 15 is 8.78 Å². The number of benzene rings is 3. The minimum Gasteiger partial charge on any atom is -0.480 e. The number of amides is 1. The van der Waals surface area contributed by atoms with E-state index in [4.69, 9.17) is 16.3 Å². The number of fused-ring (bicyclic) bond motifs is 1. The summed E-state index contributed by atoms with van der Waals surface area (Å²) in [6.45, 7) is 0.794. The lowest BCUT2D eigenvalue weighted by Crippen LogP contribution is -2.53. The van der Waals surface area contributed by atoms with Crippen molar-refractivity contribution in [3.8, 4) is 11.1 Å². The molecule has 0 radical (unpaired) electrons. The molecule has 0 spiro atoms. The lowest BCUT2D eigenvalue weighted by atomic mass is 9.94. The number of pyridine rings is 1. The first-order valence-corrected chi connectivity index (χ1v) is 13.8. The van der Waals surface area contributed by atoms with Crippen LogP contribution in [0.5, 0.6) is 0 Å². The van der Waals surface area contributed by atoms with Crippen molar-refractivity contribution >= 4 is 40.1 Å². The van der Waals surface area contributed by atoms with Gasteiger partial charge in [-0.05, 0) is 42.3 Å². The maximum absolute atomic E-state index is 15.1. The van der Waals surface area contributed by atoms with E-state index in [0.29, 0.717) is 44.7 Å². The minimum absolute atomic E-state index is 0.0956. The highest BCUT2D eigenvalue weighted by Crippen LogP contribution is 2.35. The van der Waals surface area contributed by atoms with Gasteiger partial charge in [0, 0.05) is 46.4 Å². The van der Waals surface area contributed by atoms with Crippen LogP contribution in [0.3, 0.4) is 0 Å². The zero-order valence-corrected chi connectivity index (χ0v) is 23.8. The molecule has 5 rings (SSSR count). The van der Waals surface area contributed by atoms with Gasteiger partial charge in [-0.15, -0.1) is 0 Å². The topological polar surface area (TPSA) is 91.8 Å². The number of halogens is 6. The number of carbonyl (C=O) groups is 2. The number of hydrogen-bond acceptors (Lipinski definition) is 5. The van der Waals surface area contributed by atoms with Crippen LogP contribution in [0.2, 0.25) is 5.02 Å². The van der Waals surface area contributed by atoms with Crippen molar-refractivity contribution in [1.82, 2.24) is 10.3 Å². The third-order valence-corrected chi connectivity index (χ3v) is 7.71. The number of aryl methyl sites for hydroxylation is 1. The van der Waals surface area contributed by atoms with Gasteiger partial charge in [-0.25, -0.2) is 13.6 Å². The lowest BCUT2D eigenvalue weighted by Gasteiger charge is -2.38. The standard InChI is InChI=1S/C31H25ClF5N3O4/c1-16-4-6-20(22(32)11-16)21-7-5-17(19-3-2-8-38-28(19)21)12-25(30(42)43)39-29(41)27-23(33)13-18(14-24(27)34)40-9-10-44-15-26(40)31(35,36)37/h2-8,11,13-14,25-26H,9-10,12,15H2,1H3,(H,39,41)(H,42,43)/t25-,26-/m0/s1. The molecule has 0 aliphatic carbocycles. The molecule has 230 valence electrons. The molecule has 3 aromatic carbocycles. The van der Waals surface area contributed by atoms with Crippen molar-refractivity contribution < 1.29 is 41.4 Å². The van der Waals surface area contributed by atoms with E-state index in [-0.39, 0.29) is 19.6 Å². The number of carboxylic acids is 1. The number of anilines is 1. The van der Waals surface area contributed by atoms with Gasteiger partial charge in [0.05, 0.1) is 18.7 Å². The van der Waals surface area contributed by atoms with Crippen LogP contribution in [-0.4, -0.2) is 60.0 Å². The number of aliphatic carboxylic acids is 1. The zero-order valence-electron chi connectivity index (χ0n) is 23.1. The Kier molecular flexibility index (Phi) is 8.76. The highest BCUT2D eigenvalue weighted by molar-refractivity contribution is 6.33. The third-order valence-electron chi connectivity index (χ3n) is 7.39. The van der Waals surface area contributed by atoms with Gasteiger partial charge in [-0.3, -0.25) is 9.78 Å². The summed E-state index contributed by atoms with van der Waals surface area (Å²) in [4.78, 5) is 30.4. The van der Waals surface area contributed by atoms with Crippen LogP contribution in [0.15, 0.2) is 60.8 Å². The summed E-state index contributed by atoms with van der Waals surface area (Å²) in [7, 11) is 0. The van der Waals surface area contributed by atoms with Crippen LogP contribution in [0.4, 0.5) is 27.6 Å². The molecular formula is C31H25ClF5N3O4. The van der Waals surface area contributed by atoms with Crippen LogP contribution < -0.4 is 10.2 Å². The summed E-state index contributed by atoms with van der Waals surface area (Å²) in [5.41, 5.74) is 1.83. The lowest BCUT2D eigenvalue weighted by molar-refractivity contribution is -0.167. The first kappa shape index (κ1) is 31.1. The Balaban J connectivity index is 1.42. The van der Waals surface area contributed by atoms with Crippen LogP contribution in [-0.2, 0) is 16.0 Å². The van der Waals surface area contributed by atoms with Crippen molar-refractivity contribution in [2.75, 3.05) is 24.7 Å². The molecule has 1 aliphatic rings. The second kappa shape index (κ2) is 12.4. The number of nitrogens with one attached hydrogen (secondary N) is 1. The average molecular weight is 634 g/mol. The monoisotopic (exact) mass is 633 g/mol. The first-order chi connectivity index (χ1) is 20.8. The number of rotatable bonds is 7. The summed E-state index contributed by atoms with van der Waals surface area (Å²) in [5, 5.41) is 13.1. The molecule has 7 nitrogen and oxygen atoms in total. The molecular weight excluding hydrogens is 609 g/mol. The summed E-state index contributed by atoms with van der Waals surface area (Å²) < 4.78 is 75.5. The Labute approximate surface area is 253 Å². The minimum atomic E-state index is -4.73. The van der Waals surface area contributed by atoms with Crippen molar-refractivity contribution in [2.24, 2.45) is 0 Å². The van der Waals surface area contributed by atoms with Crippen molar-refractivity contribution in [3.63, 3.8) is 0 Å². The molecule has 2 N–H and O–H groups in total. The summed E-state index contributed by atoms with van der Waals surface area (Å²) in [6.07, 6.45) is -3.44. The Bertz CT molecular complexity index is 1730. The molecule has 1 saturated heterocycles. The van der Waals surface area contributed by atoms with E-state index in [1.807, 2.05) is 19.1 Å². The average Bonchev–Trinajstić information content (AvgIpc) is 2.96. The largest absolute Gasteiger partial charge is 0.480 e. The molecule has 0 saturated carbocycles. The van der Waals surface area contributed by atoms with Gasteiger partial charge in [0.25, 0.3) is 5.91 Å². The van der Waals surface area contributed by atoms with Crippen LogP contribution in [0.25, 0.3) is 22.0 Å². The number of alkyl halides is 3. The van der Waals surface area contributed by atoms with E-state index in [0.717, 1.165) is 10.5 Å². The first-order valence-electron chi connectivity index (χ1n) is 13.4. The smallest absolute Gasteiger partial charge is 0.411 e. The Hall–Kier alpha value is -4.29. The maximum atomic E-state index is 15.1. The maximum Gasteiger partial charge on any atom is 0.411 e. The summed E-state index contributed by atoms with van der Waals surface area (Å²) >= 11 is 6.48. The number of nitrogens with zero attached hydrogens (tertiary/aromatic N) is 2. The molecule has 44 heavy (non-hydrogen) atoms. The Morgan fingerprint density at radius 1 is 1.11 bits per heavy atom. The van der Waals surface area contributed by atoms with Gasteiger partial charge in [0.15, 0.2) is 0 Å². The summed E-state index contributed by atoms with van der Waals surface area (Å²) in [6, 6.07) is 9.78. The normalized spacial score (nSPS) is 16.2. The van der Waals surface area contributed by atoms with E-state index in [1.54, 1.807) is 36.5 Å². The predicted molar refractivity (Wildman–Crippen MR) is 154 cm³/mol. The summed E-state index contributed by atoms with van der Waals surface area (Å²) in [5.74, 6) is -5.73. The van der Waals surface area contributed by atoms with E-state index in [9.17, 15) is 27.9 Å². The highest BCUT2D eigenvalue weighted by atomic mass is 35.5. The molecule has 0 bridgehead atoms. The molecule has 1 aliphatic heterocycles. The number of morpholine rings is 1. The third kappa shape index (κ3) is 6.31. The van der Waals surface area contributed by atoms with Gasteiger partial charge >= 0.3 is 12.1 Å². The number of carboxylic acid groups (broad SMARTS) is 1. The van der Waals surface area contributed by atoms with Crippen molar-refractivity contribution in [1.29, 1.82) is 0 Å². The Morgan fingerprint density at radius 3 is 2.48 bits per heavy atom. The van der Waals surface area contributed by atoms with Gasteiger partial charge in [-0.2, -0.15) is 13.2 Å². The Morgan fingerprint density at radius 2 is 1.82 bits per heavy atom. The predicted octanol–water partition coefficient (Wildman–Crippen LogP) is 6.34. The molecule has 2 heterocycles. The fourth-order valence-electron chi connectivity index (χ4n) is 5.24. The van der Waals surface area contributed by atoms with Crippen molar-refractivity contribution in [2.45, 2.75) is 31.6 Å². The molecule has 0 unspecified atom stereocenters. The van der Waals surface area contributed by atoms with E-state index in [1.165, 1.54) is 0 Å². The second-order valence-electron chi connectivity index (χ2n) is 10.3. The number of ether oxygens (including phenoxy) is 1. The number of carbonyl (C=O) groups excluding carboxylic acids is 1. The fourth-order valence-corrected chi connectivity index (χ4v) is 5.58. The number of hydrogen-bond donors (Lipinski definition) is 2.